The van der Waals surface area contributed by atoms with Crippen molar-refractivity contribution >= 4 is 5.97 Å². The Bertz CT molecular complexity index is 261. The minimum atomic E-state index is -0.638. The maximum absolute atomic E-state index is 11.6. The van der Waals surface area contributed by atoms with Gasteiger partial charge in [-0.05, 0) is 19.8 Å². The van der Waals surface area contributed by atoms with Gasteiger partial charge in [0.2, 0.25) is 0 Å². The number of carboxylic acid groups (broad SMARTS) is 1. The number of hydrogen-bond donors (Lipinski definition) is 1. The van der Waals surface area contributed by atoms with Gasteiger partial charge in [0.1, 0.15) is 5.54 Å². The summed E-state index contributed by atoms with van der Waals surface area (Å²) in [7, 11) is 0. The van der Waals surface area contributed by atoms with Crippen molar-refractivity contribution in [1.29, 1.82) is 0 Å². The molecule has 0 radical (unpaired) electrons. The maximum atomic E-state index is 11.6. The van der Waals surface area contributed by atoms with Crippen LogP contribution in [-0.4, -0.2) is 47.3 Å². The minimum absolute atomic E-state index is 0.225. The smallest absolute Gasteiger partial charge is 0.324 e. The van der Waals surface area contributed by atoms with E-state index in [9.17, 15) is 9.90 Å². The Balaban J connectivity index is 2.19. The van der Waals surface area contributed by atoms with Crippen molar-refractivity contribution in [1.82, 2.24) is 4.90 Å². The number of nitrogens with zero attached hydrogens (tertiary/aromatic N) is 1. The predicted molar refractivity (Wildman–Crippen MR) is 60.4 cm³/mol. The lowest BCUT2D eigenvalue weighted by Gasteiger charge is -2.48. The Morgan fingerprint density at radius 2 is 2.06 bits per heavy atom. The van der Waals surface area contributed by atoms with Crippen molar-refractivity contribution in [3.8, 4) is 0 Å². The number of rotatable bonds is 2. The summed E-state index contributed by atoms with van der Waals surface area (Å²) in [5.41, 5.74) is -0.610. The third-order valence-electron chi connectivity index (χ3n) is 4.00. The van der Waals surface area contributed by atoms with Gasteiger partial charge < -0.3 is 9.84 Å². The van der Waals surface area contributed by atoms with Crippen LogP contribution in [0, 0.1) is 0 Å². The Kier molecular flexibility index (Phi) is 3.50. The van der Waals surface area contributed by atoms with Crippen LogP contribution < -0.4 is 0 Å². The van der Waals surface area contributed by atoms with Crippen LogP contribution in [-0.2, 0) is 9.53 Å². The molecule has 2 rings (SSSR count). The van der Waals surface area contributed by atoms with Gasteiger partial charge in [-0.25, -0.2) is 0 Å². The highest BCUT2D eigenvalue weighted by Crippen LogP contribution is 2.36. The van der Waals surface area contributed by atoms with Crippen molar-refractivity contribution in [3.63, 3.8) is 0 Å². The van der Waals surface area contributed by atoms with Crippen LogP contribution in [0.4, 0.5) is 0 Å². The van der Waals surface area contributed by atoms with E-state index in [2.05, 4.69) is 11.8 Å². The summed E-state index contributed by atoms with van der Waals surface area (Å²) < 4.78 is 5.39. The number of aliphatic carboxylic acids is 1. The highest BCUT2D eigenvalue weighted by molar-refractivity contribution is 5.79. The van der Waals surface area contributed by atoms with Crippen LogP contribution >= 0.6 is 0 Å². The molecule has 0 amide bonds. The van der Waals surface area contributed by atoms with Gasteiger partial charge in [-0.2, -0.15) is 0 Å². The Morgan fingerprint density at radius 1 is 1.38 bits per heavy atom. The fourth-order valence-electron chi connectivity index (χ4n) is 3.12. The summed E-state index contributed by atoms with van der Waals surface area (Å²) >= 11 is 0. The van der Waals surface area contributed by atoms with Crippen LogP contribution in [0.3, 0.4) is 0 Å². The number of carbonyl (C=O) groups is 1. The molecule has 1 aliphatic heterocycles. The first-order valence-corrected chi connectivity index (χ1v) is 6.25. The normalized spacial score (nSPS) is 31.2. The number of morpholine rings is 1. The lowest BCUT2D eigenvalue weighted by atomic mass is 9.79. The molecular weight excluding hydrogens is 206 g/mol. The monoisotopic (exact) mass is 227 g/mol. The number of ether oxygens (including phenoxy) is 1. The Labute approximate surface area is 96.6 Å². The molecule has 0 bridgehead atoms. The van der Waals surface area contributed by atoms with Crippen LogP contribution in [0.15, 0.2) is 0 Å². The van der Waals surface area contributed by atoms with E-state index in [-0.39, 0.29) is 6.04 Å². The van der Waals surface area contributed by atoms with Gasteiger partial charge in [0, 0.05) is 12.6 Å². The average molecular weight is 227 g/mol. The molecule has 1 aliphatic carbocycles. The molecule has 1 N–H and O–H groups in total. The first kappa shape index (κ1) is 11.9. The van der Waals surface area contributed by atoms with Gasteiger partial charge in [-0.3, -0.25) is 9.69 Å². The van der Waals surface area contributed by atoms with E-state index in [1.807, 2.05) is 0 Å². The van der Waals surface area contributed by atoms with Gasteiger partial charge in [0.05, 0.1) is 13.2 Å². The third-order valence-corrected chi connectivity index (χ3v) is 4.00. The largest absolute Gasteiger partial charge is 0.480 e. The number of hydrogen-bond acceptors (Lipinski definition) is 3. The van der Waals surface area contributed by atoms with Gasteiger partial charge in [0.15, 0.2) is 0 Å². The van der Waals surface area contributed by atoms with Crippen molar-refractivity contribution in [3.05, 3.63) is 0 Å². The second-order valence-electron chi connectivity index (χ2n) is 5.01. The highest BCUT2D eigenvalue weighted by atomic mass is 16.5. The molecule has 92 valence electrons. The van der Waals surface area contributed by atoms with E-state index in [0.717, 1.165) is 32.2 Å². The molecular formula is C12H21NO3. The van der Waals surface area contributed by atoms with Crippen molar-refractivity contribution in [2.75, 3.05) is 19.8 Å². The maximum Gasteiger partial charge on any atom is 0.324 e. The van der Waals surface area contributed by atoms with E-state index in [0.29, 0.717) is 13.2 Å². The van der Waals surface area contributed by atoms with Crippen LogP contribution in [0.25, 0.3) is 0 Å². The van der Waals surface area contributed by atoms with Gasteiger partial charge in [-0.15, -0.1) is 0 Å². The van der Waals surface area contributed by atoms with E-state index in [1.54, 1.807) is 0 Å². The SMILES string of the molecule is CC1COCCN1C1(C(=O)O)CCCCC1. The predicted octanol–water partition coefficient (Wildman–Crippen LogP) is 1.49. The molecule has 4 heteroatoms. The van der Waals surface area contributed by atoms with Crippen LogP contribution in [0.5, 0.6) is 0 Å². The average Bonchev–Trinajstić information content (AvgIpc) is 2.30. The molecule has 0 aromatic rings. The minimum Gasteiger partial charge on any atom is -0.480 e. The highest BCUT2D eigenvalue weighted by Gasteiger charge is 2.47. The van der Waals surface area contributed by atoms with E-state index >= 15 is 0 Å². The summed E-state index contributed by atoms with van der Waals surface area (Å²) in [5, 5.41) is 9.58. The van der Waals surface area contributed by atoms with E-state index < -0.39 is 11.5 Å². The van der Waals surface area contributed by atoms with Gasteiger partial charge in [0.25, 0.3) is 0 Å². The lowest BCUT2D eigenvalue weighted by Crippen LogP contribution is -2.62. The van der Waals surface area contributed by atoms with Crippen molar-refractivity contribution in [2.45, 2.75) is 50.6 Å². The third kappa shape index (κ3) is 1.96. The standard InChI is InChI=1S/C12H21NO3/c1-10-9-16-8-7-13(10)12(11(14)15)5-3-2-4-6-12/h10H,2-9H2,1H3,(H,14,15). The zero-order valence-electron chi connectivity index (χ0n) is 9.95. The molecule has 1 unspecified atom stereocenters. The zero-order valence-corrected chi connectivity index (χ0v) is 9.95. The Hall–Kier alpha value is -0.610. The first-order chi connectivity index (χ1) is 7.67. The number of carboxylic acids is 1. The van der Waals surface area contributed by atoms with Crippen LogP contribution in [0.1, 0.15) is 39.0 Å². The van der Waals surface area contributed by atoms with E-state index in [4.69, 9.17) is 4.74 Å². The fourth-order valence-corrected chi connectivity index (χ4v) is 3.12. The molecule has 1 atom stereocenters. The fraction of sp³-hybridized carbons (Fsp3) is 0.917. The summed E-state index contributed by atoms with van der Waals surface area (Å²) in [4.78, 5) is 13.8. The summed E-state index contributed by atoms with van der Waals surface area (Å²) in [6.07, 6.45) is 4.85. The topological polar surface area (TPSA) is 49.8 Å². The quantitative estimate of drug-likeness (QED) is 0.776. The molecule has 2 aliphatic rings. The van der Waals surface area contributed by atoms with E-state index in [1.165, 1.54) is 6.42 Å². The van der Waals surface area contributed by atoms with Crippen molar-refractivity contribution < 1.29 is 14.6 Å². The zero-order chi connectivity index (χ0) is 11.6. The molecule has 0 spiro atoms. The van der Waals surface area contributed by atoms with Gasteiger partial charge >= 0.3 is 5.97 Å². The molecule has 1 heterocycles. The first-order valence-electron chi connectivity index (χ1n) is 6.25. The summed E-state index contributed by atoms with van der Waals surface area (Å²) in [6.45, 7) is 4.15. The second-order valence-corrected chi connectivity index (χ2v) is 5.01. The molecule has 4 nitrogen and oxygen atoms in total. The molecule has 16 heavy (non-hydrogen) atoms. The Morgan fingerprint density at radius 3 is 2.62 bits per heavy atom. The molecule has 0 aromatic carbocycles. The molecule has 1 saturated heterocycles. The summed E-state index contributed by atoms with van der Waals surface area (Å²) in [5.74, 6) is -0.638. The lowest BCUT2D eigenvalue weighted by molar-refractivity contribution is -0.162. The molecule has 0 aromatic heterocycles. The van der Waals surface area contributed by atoms with Gasteiger partial charge in [-0.1, -0.05) is 19.3 Å². The van der Waals surface area contributed by atoms with Crippen LogP contribution in [0.2, 0.25) is 0 Å². The molecule has 1 saturated carbocycles. The second kappa shape index (κ2) is 4.72. The van der Waals surface area contributed by atoms with Crippen molar-refractivity contribution in [2.24, 2.45) is 0 Å². The summed E-state index contributed by atoms with van der Waals surface area (Å²) in [6, 6.07) is 0.225. The molecule has 2 fully saturated rings.